The maximum Gasteiger partial charge on any atom is 0.247 e. The van der Waals surface area contributed by atoms with E-state index in [2.05, 4.69) is 69.9 Å². The summed E-state index contributed by atoms with van der Waals surface area (Å²) >= 11 is 0. The molecule has 3 aromatic carbocycles. The first-order chi connectivity index (χ1) is 17.1. The minimum Gasteiger partial charge on any atom is -0.492 e. The van der Waals surface area contributed by atoms with E-state index >= 15 is 0 Å². The number of rotatable bonds is 8. The van der Waals surface area contributed by atoms with E-state index in [9.17, 15) is 0 Å². The van der Waals surface area contributed by atoms with Gasteiger partial charge in [0.25, 0.3) is 0 Å². The molecule has 35 heavy (non-hydrogen) atoms. The Hall–Kier alpha value is -3.71. The molecule has 0 spiro atoms. The van der Waals surface area contributed by atoms with Gasteiger partial charge in [0.1, 0.15) is 23.4 Å². The topological polar surface area (TPSA) is 75.2 Å². The lowest BCUT2D eigenvalue weighted by Gasteiger charge is -2.15. The van der Waals surface area contributed by atoms with E-state index in [1.165, 1.54) is 42.6 Å². The highest BCUT2D eigenvalue weighted by molar-refractivity contribution is 5.93. The lowest BCUT2D eigenvalue weighted by Crippen LogP contribution is -2.25. The second-order valence-corrected chi connectivity index (χ2v) is 9.09. The van der Waals surface area contributed by atoms with E-state index in [1.54, 1.807) is 0 Å². The van der Waals surface area contributed by atoms with Crippen molar-refractivity contribution in [1.82, 2.24) is 20.1 Å². The van der Waals surface area contributed by atoms with E-state index in [0.29, 0.717) is 12.6 Å². The van der Waals surface area contributed by atoms with Gasteiger partial charge in [0, 0.05) is 19.3 Å². The van der Waals surface area contributed by atoms with Gasteiger partial charge in [0.05, 0.1) is 5.69 Å². The van der Waals surface area contributed by atoms with Gasteiger partial charge >= 0.3 is 0 Å². The van der Waals surface area contributed by atoms with Crippen LogP contribution in [0.4, 0.5) is 17.3 Å². The summed E-state index contributed by atoms with van der Waals surface area (Å²) < 4.78 is 5.90. The Kier molecular flexibility index (Phi) is 6.77. The van der Waals surface area contributed by atoms with Crippen molar-refractivity contribution in [1.29, 1.82) is 0 Å². The Morgan fingerprint density at radius 2 is 1.69 bits per heavy atom. The number of hydrogen-bond donors (Lipinski definition) is 2. The summed E-state index contributed by atoms with van der Waals surface area (Å²) in [7, 11) is 1.90. The lowest BCUT2D eigenvalue weighted by atomic mass is 9.95. The standard InChI is InChI=1S/C28H32N6O/c1-19-7-6-8-20(2)26(19)21-17-24(29-3)27-25(18-21)32-33-28(31-27)30-22-9-11-23(12-10-22)35-16-15-34-13-4-5-14-34/h6-12,17-18,29H,4-5,13-16H2,1-3H3,(H,30,31,33). The van der Waals surface area contributed by atoms with Gasteiger partial charge in [0.15, 0.2) is 0 Å². The molecule has 2 heterocycles. The molecule has 1 fully saturated rings. The van der Waals surface area contributed by atoms with Crippen LogP contribution in [0.3, 0.4) is 0 Å². The predicted octanol–water partition coefficient (Wildman–Crippen LogP) is 5.57. The first kappa shape index (κ1) is 23.1. The smallest absolute Gasteiger partial charge is 0.247 e. The third-order valence-corrected chi connectivity index (χ3v) is 6.58. The third-order valence-electron chi connectivity index (χ3n) is 6.58. The average molecular weight is 469 g/mol. The number of aromatic nitrogens is 3. The van der Waals surface area contributed by atoms with Crippen molar-refractivity contribution in [2.24, 2.45) is 0 Å². The molecule has 0 bridgehead atoms. The zero-order chi connectivity index (χ0) is 24.2. The normalized spacial score (nSPS) is 13.8. The summed E-state index contributed by atoms with van der Waals surface area (Å²) in [6, 6.07) is 18.4. The molecule has 4 aromatic rings. The van der Waals surface area contributed by atoms with Gasteiger partial charge in [-0.25, -0.2) is 4.98 Å². The van der Waals surface area contributed by atoms with Crippen LogP contribution >= 0.6 is 0 Å². The number of benzene rings is 3. The van der Waals surface area contributed by atoms with Gasteiger partial charge in [-0.3, -0.25) is 4.90 Å². The summed E-state index contributed by atoms with van der Waals surface area (Å²) in [6.07, 6.45) is 2.60. The number of likely N-dealkylation sites (tertiary alicyclic amines) is 1. The van der Waals surface area contributed by atoms with Crippen LogP contribution in [0.15, 0.2) is 54.6 Å². The zero-order valence-corrected chi connectivity index (χ0v) is 20.6. The van der Waals surface area contributed by atoms with Crippen LogP contribution in [0.25, 0.3) is 22.2 Å². The molecule has 0 aliphatic carbocycles. The van der Waals surface area contributed by atoms with Gasteiger partial charge in [-0.05, 0) is 98.4 Å². The highest BCUT2D eigenvalue weighted by Crippen LogP contribution is 2.33. The van der Waals surface area contributed by atoms with E-state index in [0.717, 1.165) is 40.3 Å². The molecular weight excluding hydrogens is 436 g/mol. The molecule has 180 valence electrons. The monoisotopic (exact) mass is 468 g/mol. The number of ether oxygens (including phenoxy) is 1. The van der Waals surface area contributed by atoms with E-state index in [-0.39, 0.29) is 0 Å². The molecule has 0 radical (unpaired) electrons. The Morgan fingerprint density at radius 3 is 2.40 bits per heavy atom. The number of nitrogens with one attached hydrogen (secondary N) is 2. The van der Waals surface area contributed by atoms with Gasteiger partial charge < -0.3 is 15.4 Å². The molecule has 0 unspecified atom stereocenters. The quantitative estimate of drug-likeness (QED) is 0.350. The summed E-state index contributed by atoms with van der Waals surface area (Å²) in [5, 5.41) is 15.4. The molecule has 7 nitrogen and oxygen atoms in total. The van der Waals surface area contributed by atoms with Gasteiger partial charge in [-0.2, -0.15) is 0 Å². The maximum atomic E-state index is 5.90. The van der Waals surface area contributed by atoms with Crippen molar-refractivity contribution in [2.45, 2.75) is 26.7 Å². The molecule has 0 amide bonds. The van der Waals surface area contributed by atoms with Crippen LogP contribution in [0.1, 0.15) is 24.0 Å². The molecule has 0 atom stereocenters. The van der Waals surface area contributed by atoms with Gasteiger partial charge in [-0.15, -0.1) is 10.2 Å². The van der Waals surface area contributed by atoms with E-state index < -0.39 is 0 Å². The number of anilines is 3. The molecule has 5 rings (SSSR count). The Balaban J connectivity index is 1.32. The summed E-state index contributed by atoms with van der Waals surface area (Å²) in [4.78, 5) is 7.20. The minimum absolute atomic E-state index is 0.455. The minimum atomic E-state index is 0.455. The van der Waals surface area contributed by atoms with Crippen molar-refractivity contribution < 1.29 is 4.74 Å². The molecule has 1 saturated heterocycles. The van der Waals surface area contributed by atoms with Gasteiger partial charge in [-0.1, -0.05) is 18.2 Å². The van der Waals surface area contributed by atoms with Crippen molar-refractivity contribution >= 4 is 28.4 Å². The van der Waals surface area contributed by atoms with E-state index in [4.69, 9.17) is 9.72 Å². The highest BCUT2D eigenvalue weighted by atomic mass is 16.5. The second kappa shape index (κ2) is 10.3. The number of nitrogens with zero attached hydrogens (tertiary/aromatic N) is 4. The fourth-order valence-electron chi connectivity index (χ4n) is 4.76. The number of hydrogen-bond acceptors (Lipinski definition) is 7. The molecule has 2 N–H and O–H groups in total. The zero-order valence-electron chi connectivity index (χ0n) is 20.6. The molecule has 7 heteroatoms. The second-order valence-electron chi connectivity index (χ2n) is 9.09. The predicted molar refractivity (Wildman–Crippen MR) is 143 cm³/mol. The third kappa shape index (κ3) is 5.20. The SMILES string of the molecule is CNc1cc(-c2c(C)cccc2C)cc2nnc(Nc3ccc(OCCN4CCCC4)cc3)nc12. The van der Waals surface area contributed by atoms with Crippen LogP contribution < -0.4 is 15.4 Å². The maximum absolute atomic E-state index is 5.90. The van der Waals surface area contributed by atoms with Gasteiger partial charge in [0.2, 0.25) is 5.95 Å². The fraction of sp³-hybridized carbons (Fsp3) is 0.321. The average Bonchev–Trinajstić information content (AvgIpc) is 3.38. The lowest BCUT2D eigenvalue weighted by molar-refractivity contribution is 0.238. The van der Waals surface area contributed by atoms with Crippen molar-refractivity contribution in [3.63, 3.8) is 0 Å². The fourth-order valence-corrected chi connectivity index (χ4v) is 4.76. The number of aryl methyl sites for hydroxylation is 2. The summed E-state index contributed by atoms with van der Waals surface area (Å²) in [6.45, 7) is 8.33. The Bertz CT molecular complexity index is 1300. The van der Waals surface area contributed by atoms with Crippen molar-refractivity contribution in [3.8, 4) is 16.9 Å². The van der Waals surface area contributed by atoms with Crippen LogP contribution in [0, 0.1) is 13.8 Å². The van der Waals surface area contributed by atoms with Crippen LogP contribution in [-0.4, -0.2) is 53.4 Å². The molecule has 0 saturated carbocycles. The van der Waals surface area contributed by atoms with E-state index in [1.807, 2.05) is 31.3 Å². The van der Waals surface area contributed by atoms with Crippen LogP contribution in [0.5, 0.6) is 5.75 Å². The molecule has 1 aromatic heterocycles. The van der Waals surface area contributed by atoms with Crippen molar-refractivity contribution in [2.75, 3.05) is 43.9 Å². The summed E-state index contributed by atoms with van der Waals surface area (Å²) in [5.74, 6) is 1.32. The van der Waals surface area contributed by atoms with Crippen molar-refractivity contribution in [3.05, 3.63) is 65.7 Å². The molecule has 1 aliphatic rings. The highest BCUT2D eigenvalue weighted by Gasteiger charge is 2.13. The Labute approximate surface area is 206 Å². The number of fused-ring (bicyclic) bond motifs is 1. The molecular formula is C28H32N6O. The molecule has 1 aliphatic heterocycles. The first-order valence-corrected chi connectivity index (χ1v) is 12.3. The first-order valence-electron chi connectivity index (χ1n) is 12.3. The largest absolute Gasteiger partial charge is 0.492 e. The van der Waals surface area contributed by atoms with Crippen LogP contribution in [-0.2, 0) is 0 Å². The summed E-state index contributed by atoms with van der Waals surface area (Å²) in [5.41, 5.74) is 8.12. The Morgan fingerprint density at radius 1 is 0.943 bits per heavy atom. The van der Waals surface area contributed by atoms with Crippen LogP contribution in [0.2, 0.25) is 0 Å².